The van der Waals surface area contributed by atoms with Crippen molar-refractivity contribution in [2.75, 3.05) is 0 Å². The molecule has 4 heteroatoms. The van der Waals surface area contributed by atoms with Crippen molar-refractivity contribution >= 4 is 38.4 Å². The lowest BCUT2D eigenvalue weighted by molar-refractivity contribution is 0.737. The molecule has 0 aliphatic carbocycles. The summed E-state index contributed by atoms with van der Waals surface area (Å²) < 4.78 is 1.85. The minimum atomic E-state index is 0.0341. The van der Waals surface area contributed by atoms with Gasteiger partial charge in [0, 0.05) is 23.0 Å². The van der Waals surface area contributed by atoms with E-state index in [1.807, 2.05) is 34.9 Å². The van der Waals surface area contributed by atoms with Crippen molar-refractivity contribution < 1.29 is 0 Å². The first-order valence-electron chi connectivity index (χ1n) is 6.71. The molecule has 0 saturated heterocycles. The molecule has 104 valence electrons. The summed E-state index contributed by atoms with van der Waals surface area (Å²) in [5.74, 6) is 0. The fourth-order valence-electron chi connectivity index (χ4n) is 3.06. The van der Waals surface area contributed by atoms with Crippen molar-refractivity contribution in [3.8, 4) is 11.1 Å². The van der Waals surface area contributed by atoms with Crippen LogP contribution in [0.15, 0.2) is 53.3 Å². The smallest absolute Gasteiger partial charge is 0.251 e. The number of pyridine rings is 1. The van der Waals surface area contributed by atoms with Crippen molar-refractivity contribution in [1.29, 1.82) is 0 Å². The average molecular weight is 361 g/mol. The predicted octanol–water partition coefficient (Wildman–Crippen LogP) is 4.77. The molecular formula is C17H11BrClNO. The van der Waals surface area contributed by atoms with Crippen molar-refractivity contribution in [3.05, 3.63) is 69.5 Å². The van der Waals surface area contributed by atoms with Crippen LogP contribution >= 0.6 is 27.5 Å². The van der Waals surface area contributed by atoms with Gasteiger partial charge in [0.05, 0.1) is 10.3 Å². The minimum Gasteiger partial charge on any atom is -0.306 e. The van der Waals surface area contributed by atoms with Gasteiger partial charge in [0.25, 0.3) is 5.56 Å². The molecule has 0 saturated carbocycles. The monoisotopic (exact) mass is 359 g/mol. The van der Waals surface area contributed by atoms with E-state index in [2.05, 4.69) is 28.1 Å². The average Bonchev–Trinajstić information content (AvgIpc) is 2.82. The number of alkyl halides is 1. The molecule has 0 fully saturated rings. The third kappa shape index (κ3) is 1.95. The molecule has 0 amide bonds. The second-order valence-corrected chi connectivity index (χ2v) is 6.77. The standard InChI is InChI=1S/C17H11BrClNO/c18-15-9-20-16(21)8-14(10-3-1-4-11(19)7-10)12-5-2-6-13(15)17(12)20/h1-8,15H,9H2. The van der Waals surface area contributed by atoms with Crippen LogP contribution in [-0.2, 0) is 6.54 Å². The van der Waals surface area contributed by atoms with Crippen LogP contribution in [0.1, 0.15) is 10.4 Å². The Hall–Kier alpha value is -1.58. The molecular weight excluding hydrogens is 350 g/mol. The normalized spacial score (nSPS) is 16.6. The van der Waals surface area contributed by atoms with Crippen LogP contribution in [-0.4, -0.2) is 4.57 Å². The van der Waals surface area contributed by atoms with Gasteiger partial charge in [0.2, 0.25) is 0 Å². The summed E-state index contributed by atoms with van der Waals surface area (Å²) in [6, 6.07) is 15.5. The molecule has 21 heavy (non-hydrogen) atoms. The lowest BCUT2D eigenvalue weighted by Crippen LogP contribution is -2.17. The van der Waals surface area contributed by atoms with Crippen LogP contribution in [0, 0.1) is 0 Å². The first-order chi connectivity index (χ1) is 10.1. The molecule has 0 N–H and O–H groups in total. The summed E-state index contributed by atoms with van der Waals surface area (Å²) in [5.41, 5.74) is 4.15. The summed E-state index contributed by atoms with van der Waals surface area (Å²) >= 11 is 9.75. The van der Waals surface area contributed by atoms with Crippen LogP contribution in [0.3, 0.4) is 0 Å². The van der Waals surface area contributed by atoms with E-state index < -0.39 is 0 Å². The molecule has 0 radical (unpaired) electrons. The number of hydrogen-bond acceptors (Lipinski definition) is 1. The SMILES string of the molecule is O=c1cc(-c2cccc(Cl)c2)c2cccc3c2n1CC3Br. The van der Waals surface area contributed by atoms with Crippen LogP contribution in [0.4, 0.5) is 0 Å². The van der Waals surface area contributed by atoms with Crippen LogP contribution < -0.4 is 5.56 Å². The number of halogens is 2. The van der Waals surface area contributed by atoms with Gasteiger partial charge in [-0.2, -0.15) is 0 Å². The van der Waals surface area contributed by atoms with E-state index in [1.54, 1.807) is 6.07 Å². The number of hydrogen-bond donors (Lipinski definition) is 0. The van der Waals surface area contributed by atoms with Gasteiger partial charge in [0.15, 0.2) is 0 Å². The highest BCUT2D eigenvalue weighted by atomic mass is 79.9. The number of aromatic nitrogens is 1. The molecule has 0 bridgehead atoms. The fourth-order valence-corrected chi connectivity index (χ4v) is 3.91. The van der Waals surface area contributed by atoms with Crippen molar-refractivity contribution in [1.82, 2.24) is 4.57 Å². The Balaban J connectivity index is 2.13. The maximum Gasteiger partial charge on any atom is 0.251 e. The molecule has 2 heterocycles. The van der Waals surface area contributed by atoms with Crippen LogP contribution in [0.2, 0.25) is 5.02 Å². The van der Waals surface area contributed by atoms with Crippen LogP contribution in [0.5, 0.6) is 0 Å². The molecule has 0 spiro atoms. The molecule has 1 atom stereocenters. The Morgan fingerprint density at radius 2 is 1.95 bits per heavy atom. The minimum absolute atomic E-state index is 0.0341. The highest BCUT2D eigenvalue weighted by molar-refractivity contribution is 9.09. The summed E-state index contributed by atoms with van der Waals surface area (Å²) in [6.45, 7) is 0.685. The van der Waals surface area contributed by atoms with E-state index in [0.717, 1.165) is 22.0 Å². The molecule has 1 aliphatic rings. The zero-order valence-corrected chi connectivity index (χ0v) is 13.4. The van der Waals surface area contributed by atoms with Gasteiger partial charge >= 0.3 is 0 Å². The lowest BCUT2D eigenvalue weighted by Gasteiger charge is -2.10. The van der Waals surface area contributed by atoms with Gasteiger partial charge in [-0.1, -0.05) is 57.9 Å². The zero-order valence-electron chi connectivity index (χ0n) is 11.0. The molecule has 2 nitrogen and oxygen atoms in total. The third-order valence-corrected chi connectivity index (χ3v) is 5.00. The molecule has 2 aromatic carbocycles. The van der Waals surface area contributed by atoms with Gasteiger partial charge in [-0.3, -0.25) is 4.79 Å². The number of rotatable bonds is 1. The first kappa shape index (κ1) is 13.1. The van der Waals surface area contributed by atoms with E-state index in [0.29, 0.717) is 11.6 Å². The Labute approximate surface area is 135 Å². The van der Waals surface area contributed by atoms with Gasteiger partial charge in [0.1, 0.15) is 0 Å². The highest BCUT2D eigenvalue weighted by Crippen LogP contribution is 2.39. The van der Waals surface area contributed by atoms with Gasteiger partial charge < -0.3 is 4.57 Å². The largest absolute Gasteiger partial charge is 0.306 e. The molecule has 1 aliphatic heterocycles. The number of nitrogens with zero attached hydrogens (tertiary/aromatic N) is 1. The van der Waals surface area contributed by atoms with Gasteiger partial charge in [-0.05, 0) is 28.8 Å². The van der Waals surface area contributed by atoms with Crippen molar-refractivity contribution in [2.24, 2.45) is 0 Å². The van der Waals surface area contributed by atoms with Crippen molar-refractivity contribution in [2.45, 2.75) is 11.4 Å². The van der Waals surface area contributed by atoms with Gasteiger partial charge in [-0.15, -0.1) is 0 Å². The Kier molecular flexibility index (Phi) is 2.95. The summed E-state index contributed by atoms with van der Waals surface area (Å²) in [7, 11) is 0. The number of benzene rings is 2. The van der Waals surface area contributed by atoms with E-state index in [-0.39, 0.29) is 10.4 Å². The maximum atomic E-state index is 12.4. The maximum absolute atomic E-state index is 12.4. The summed E-state index contributed by atoms with van der Waals surface area (Å²) in [5, 5.41) is 1.77. The molecule has 1 unspecified atom stereocenters. The molecule has 1 aromatic heterocycles. The third-order valence-electron chi connectivity index (χ3n) is 3.98. The zero-order chi connectivity index (χ0) is 14.6. The highest BCUT2D eigenvalue weighted by Gasteiger charge is 2.24. The molecule has 4 rings (SSSR count). The van der Waals surface area contributed by atoms with Crippen molar-refractivity contribution in [3.63, 3.8) is 0 Å². The van der Waals surface area contributed by atoms with Crippen LogP contribution in [0.25, 0.3) is 22.0 Å². The second kappa shape index (κ2) is 4.72. The second-order valence-electron chi connectivity index (χ2n) is 5.23. The topological polar surface area (TPSA) is 22.0 Å². The van der Waals surface area contributed by atoms with E-state index in [1.165, 1.54) is 5.56 Å². The van der Waals surface area contributed by atoms with E-state index in [9.17, 15) is 4.79 Å². The van der Waals surface area contributed by atoms with Gasteiger partial charge in [-0.25, -0.2) is 0 Å². The van der Waals surface area contributed by atoms with E-state index >= 15 is 0 Å². The first-order valence-corrected chi connectivity index (χ1v) is 8.01. The Bertz CT molecular complexity index is 932. The molecule has 3 aromatic rings. The summed E-state index contributed by atoms with van der Waals surface area (Å²) in [6.07, 6.45) is 0. The fraction of sp³-hybridized carbons (Fsp3) is 0.118. The summed E-state index contributed by atoms with van der Waals surface area (Å²) in [4.78, 5) is 12.6. The Morgan fingerprint density at radius 1 is 1.14 bits per heavy atom. The predicted molar refractivity (Wildman–Crippen MR) is 90.3 cm³/mol. The Morgan fingerprint density at radius 3 is 2.76 bits per heavy atom. The lowest BCUT2D eigenvalue weighted by atomic mass is 9.99. The number of para-hydroxylation sites is 1. The van der Waals surface area contributed by atoms with E-state index in [4.69, 9.17) is 11.6 Å². The quantitative estimate of drug-likeness (QED) is 0.573.